The highest BCUT2D eigenvalue weighted by molar-refractivity contribution is 6.06. The van der Waals surface area contributed by atoms with Gasteiger partial charge in [0.05, 0.1) is 0 Å². The highest BCUT2D eigenvalue weighted by Crippen LogP contribution is 2.12. The third-order valence-corrected chi connectivity index (χ3v) is 1.89. The van der Waals surface area contributed by atoms with E-state index in [9.17, 15) is 4.79 Å². The van der Waals surface area contributed by atoms with E-state index < -0.39 is 0 Å². The van der Waals surface area contributed by atoms with Gasteiger partial charge in [-0.3, -0.25) is 4.79 Å². The van der Waals surface area contributed by atoms with E-state index in [4.69, 9.17) is 0 Å². The zero-order valence-corrected chi connectivity index (χ0v) is 7.86. The van der Waals surface area contributed by atoms with Gasteiger partial charge in [0.2, 0.25) is 0 Å². The summed E-state index contributed by atoms with van der Waals surface area (Å²) in [7, 11) is 0. The number of hydrogen-bond acceptors (Lipinski definition) is 1. The van der Waals surface area contributed by atoms with Gasteiger partial charge >= 0.3 is 0 Å². The standard InChI is InChI=1S/C12H14O/c1-2-3-7-12(10-13)11-8-5-4-6-9-11/h4-10H,2-3H2,1H3. The third kappa shape index (κ3) is 2.86. The van der Waals surface area contributed by atoms with Crippen molar-refractivity contribution in [3.63, 3.8) is 0 Å². The van der Waals surface area contributed by atoms with Gasteiger partial charge in [-0.15, -0.1) is 0 Å². The van der Waals surface area contributed by atoms with E-state index in [1.165, 1.54) is 0 Å². The number of carbonyl (C=O) groups excluding carboxylic acids is 1. The SMILES string of the molecule is CCCC=C(C=O)c1ccccc1. The van der Waals surface area contributed by atoms with E-state index in [0.29, 0.717) is 0 Å². The second kappa shape index (κ2) is 5.31. The number of aldehydes is 1. The normalized spacial score (nSPS) is 11.3. The number of unbranched alkanes of at least 4 members (excludes halogenated alkanes) is 1. The first-order valence-electron chi connectivity index (χ1n) is 4.59. The predicted octanol–water partition coefficient (Wildman–Crippen LogP) is 3.07. The van der Waals surface area contributed by atoms with Crippen LogP contribution in [0.1, 0.15) is 25.3 Å². The van der Waals surface area contributed by atoms with Crippen LogP contribution < -0.4 is 0 Å². The van der Waals surface area contributed by atoms with E-state index in [0.717, 1.165) is 30.3 Å². The van der Waals surface area contributed by atoms with Gasteiger partial charge in [-0.05, 0) is 12.0 Å². The summed E-state index contributed by atoms with van der Waals surface area (Å²) < 4.78 is 0. The molecular formula is C12H14O. The zero-order chi connectivity index (χ0) is 9.52. The van der Waals surface area contributed by atoms with Crippen molar-refractivity contribution in [3.05, 3.63) is 42.0 Å². The minimum atomic E-state index is 0.794. The predicted molar refractivity (Wildman–Crippen MR) is 55.4 cm³/mol. The lowest BCUT2D eigenvalue weighted by Gasteiger charge is -1.98. The van der Waals surface area contributed by atoms with E-state index in [-0.39, 0.29) is 0 Å². The highest BCUT2D eigenvalue weighted by atomic mass is 16.1. The minimum Gasteiger partial charge on any atom is -0.298 e. The first-order valence-corrected chi connectivity index (χ1v) is 4.59. The molecule has 68 valence electrons. The fourth-order valence-electron chi connectivity index (χ4n) is 1.16. The van der Waals surface area contributed by atoms with Crippen LogP contribution in [-0.2, 0) is 4.79 Å². The molecule has 0 aliphatic heterocycles. The number of carbonyl (C=O) groups is 1. The molecule has 0 saturated heterocycles. The van der Waals surface area contributed by atoms with Crippen LogP contribution in [0.15, 0.2) is 36.4 Å². The lowest BCUT2D eigenvalue weighted by molar-refractivity contribution is -0.103. The first-order chi connectivity index (χ1) is 6.38. The molecule has 0 N–H and O–H groups in total. The molecule has 0 fully saturated rings. The highest BCUT2D eigenvalue weighted by Gasteiger charge is 1.96. The molecule has 0 radical (unpaired) electrons. The molecule has 0 spiro atoms. The van der Waals surface area contributed by atoms with Gasteiger partial charge < -0.3 is 0 Å². The Balaban J connectivity index is 2.84. The van der Waals surface area contributed by atoms with Crippen molar-refractivity contribution < 1.29 is 4.79 Å². The monoisotopic (exact) mass is 174 g/mol. The smallest absolute Gasteiger partial charge is 0.150 e. The molecule has 1 aromatic rings. The molecule has 1 aromatic carbocycles. The Bertz CT molecular complexity index is 285. The van der Waals surface area contributed by atoms with Crippen LogP contribution in [0.4, 0.5) is 0 Å². The third-order valence-electron chi connectivity index (χ3n) is 1.89. The Kier molecular flexibility index (Phi) is 3.97. The second-order valence-corrected chi connectivity index (χ2v) is 2.93. The number of benzene rings is 1. The van der Waals surface area contributed by atoms with Crippen LogP contribution in [0.5, 0.6) is 0 Å². The van der Waals surface area contributed by atoms with E-state index in [1.54, 1.807) is 0 Å². The van der Waals surface area contributed by atoms with Crippen LogP contribution in [-0.4, -0.2) is 6.29 Å². The summed E-state index contributed by atoms with van der Waals surface area (Å²) in [6.07, 6.45) is 4.94. The van der Waals surface area contributed by atoms with Gasteiger partial charge in [0.15, 0.2) is 0 Å². The average Bonchev–Trinajstić information content (AvgIpc) is 2.21. The molecule has 0 atom stereocenters. The summed E-state index contributed by atoms with van der Waals surface area (Å²) in [5.41, 5.74) is 1.80. The van der Waals surface area contributed by atoms with Crippen molar-refractivity contribution >= 4 is 11.9 Å². The van der Waals surface area contributed by atoms with E-state index in [2.05, 4.69) is 6.92 Å². The Morgan fingerprint density at radius 2 is 2.00 bits per heavy atom. The maximum Gasteiger partial charge on any atom is 0.150 e. The molecule has 0 bridgehead atoms. The molecule has 0 amide bonds. The van der Waals surface area contributed by atoms with Crippen LogP contribution in [0.3, 0.4) is 0 Å². The van der Waals surface area contributed by atoms with Gasteiger partial charge in [-0.2, -0.15) is 0 Å². The summed E-state index contributed by atoms with van der Waals surface area (Å²) in [4.78, 5) is 10.7. The molecule has 0 aromatic heterocycles. The molecule has 0 aliphatic carbocycles. The molecule has 13 heavy (non-hydrogen) atoms. The largest absolute Gasteiger partial charge is 0.298 e. The average molecular weight is 174 g/mol. The van der Waals surface area contributed by atoms with Crippen molar-refractivity contribution in [2.24, 2.45) is 0 Å². The van der Waals surface area contributed by atoms with Crippen molar-refractivity contribution in [1.82, 2.24) is 0 Å². The minimum absolute atomic E-state index is 0.794. The van der Waals surface area contributed by atoms with Crippen LogP contribution in [0, 0.1) is 0 Å². The molecule has 0 heterocycles. The summed E-state index contributed by atoms with van der Waals surface area (Å²) in [6.45, 7) is 2.10. The van der Waals surface area contributed by atoms with Crippen LogP contribution >= 0.6 is 0 Å². The quantitative estimate of drug-likeness (QED) is 0.506. The topological polar surface area (TPSA) is 17.1 Å². The summed E-state index contributed by atoms with van der Waals surface area (Å²) >= 11 is 0. The van der Waals surface area contributed by atoms with Crippen LogP contribution in [0.2, 0.25) is 0 Å². The van der Waals surface area contributed by atoms with Gasteiger partial charge in [-0.25, -0.2) is 0 Å². The summed E-state index contributed by atoms with van der Waals surface area (Å²) in [6, 6.07) is 9.74. The Morgan fingerprint density at radius 3 is 2.54 bits per heavy atom. The Morgan fingerprint density at radius 1 is 1.31 bits per heavy atom. The molecule has 1 rings (SSSR count). The van der Waals surface area contributed by atoms with Crippen molar-refractivity contribution in [2.75, 3.05) is 0 Å². The summed E-state index contributed by atoms with van der Waals surface area (Å²) in [5.74, 6) is 0. The van der Waals surface area contributed by atoms with Crippen molar-refractivity contribution in [1.29, 1.82) is 0 Å². The van der Waals surface area contributed by atoms with Gasteiger partial charge in [0.1, 0.15) is 6.29 Å². The zero-order valence-electron chi connectivity index (χ0n) is 7.86. The molecule has 0 aliphatic rings. The molecule has 1 nitrogen and oxygen atoms in total. The molecular weight excluding hydrogens is 160 g/mol. The fraction of sp³-hybridized carbons (Fsp3) is 0.250. The van der Waals surface area contributed by atoms with Crippen molar-refractivity contribution in [2.45, 2.75) is 19.8 Å². The maximum absolute atomic E-state index is 10.7. The number of rotatable bonds is 4. The molecule has 1 heteroatoms. The number of hydrogen-bond donors (Lipinski definition) is 0. The van der Waals surface area contributed by atoms with Crippen molar-refractivity contribution in [3.8, 4) is 0 Å². The number of allylic oxidation sites excluding steroid dienone is 2. The van der Waals surface area contributed by atoms with Gasteiger partial charge in [0, 0.05) is 5.57 Å². The molecule has 0 unspecified atom stereocenters. The van der Waals surface area contributed by atoms with E-state index >= 15 is 0 Å². The van der Waals surface area contributed by atoms with Gasteiger partial charge in [-0.1, -0.05) is 49.8 Å². The summed E-state index contributed by atoms with van der Waals surface area (Å²) in [5, 5.41) is 0. The lowest BCUT2D eigenvalue weighted by atomic mass is 10.1. The Labute approximate surface area is 79.1 Å². The van der Waals surface area contributed by atoms with E-state index in [1.807, 2.05) is 36.4 Å². The van der Waals surface area contributed by atoms with Gasteiger partial charge in [0.25, 0.3) is 0 Å². The Hall–Kier alpha value is -1.37. The lowest BCUT2D eigenvalue weighted by Crippen LogP contribution is -1.84. The maximum atomic E-state index is 10.7. The second-order valence-electron chi connectivity index (χ2n) is 2.93. The fourth-order valence-corrected chi connectivity index (χ4v) is 1.16. The van der Waals surface area contributed by atoms with Crippen LogP contribution in [0.25, 0.3) is 5.57 Å². The molecule has 0 saturated carbocycles. The first kappa shape index (κ1) is 9.72.